The molecule has 0 saturated carbocycles. The summed E-state index contributed by atoms with van der Waals surface area (Å²) in [5.74, 6) is 0.748. The summed E-state index contributed by atoms with van der Waals surface area (Å²) in [6.07, 6.45) is -0.0420. The second-order valence-electron chi connectivity index (χ2n) is 4.30. The lowest BCUT2D eigenvalue weighted by Crippen LogP contribution is -2.24. The molecule has 0 amide bonds. The van der Waals surface area contributed by atoms with Gasteiger partial charge in [-0.25, -0.2) is 4.98 Å². The number of imidazole rings is 1. The van der Waals surface area contributed by atoms with Crippen molar-refractivity contribution in [1.82, 2.24) is 9.55 Å². The maximum Gasteiger partial charge on any atom is 0.175 e. The van der Waals surface area contributed by atoms with E-state index < -0.39 is 0 Å². The first-order valence-corrected chi connectivity index (χ1v) is 6.84. The average molecular weight is 273 g/mol. The normalized spacial score (nSPS) is 11.1. The highest BCUT2D eigenvalue weighted by atomic mass is 16.7. The van der Waals surface area contributed by atoms with Crippen LogP contribution in [-0.2, 0) is 22.4 Å². The molecule has 0 spiro atoms. The van der Waals surface area contributed by atoms with Crippen LogP contribution in [0.25, 0.3) is 11.0 Å². The fraction of sp³-hybridized carbons (Fsp3) is 0.467. The number of nitrogens with zero attached hydrogens (tertiary/aromatic N) is 3. The number of nitriles is 1. The van der Waals surface area contributed by atoms with Crippen molar-refractivity contribution in [1.29, 1.82) is 5.26 Å². The maximum atomic E-state index is 8.94. The van der Waals surface area contributed by atoms with Crippen molar-refractivity contribution < 1.29 is 9.47 Å². The molecule has 0 bridgehead atoms. The quantitative estimate of drug-likeness (QED) is 0.727. The highest BCUT2D eigenvalue weighted by Crippen LogP contribution is 2.17. The molecule has 1 aromatic heterocycles. The molecule has 20 heavy (non-hydrogen) atoms. The number of rotatable bonds is 7. The Kier molecular flexibility index (Phi) is 5.10. The van der Waals surface area contributed by atoms with Gasteiger partial charge in [0.2, 0.25) is 0 Å². The van der Waals surface area contributed by atoms with Gasteiger partial charge in [-0.05, 0) is 26.0 Å². The summed E-state index contributed by atoms with van der Waals surface area (Å²) in [6, 6.07) is 10.0. The smallest absolute Gasteiger partial charge is 0.175 e. The predicted octanol–water partition coefficient (Wildman–Crippen LogP) is 2.50. The first-order valence-electron chi connectivity index (χ1n) is 6.84. The van der Waals surface area contributed by atoms with Crippen LogP contribution >= 0.6 is 0 Å². The average Bonchev–Trinajstić information content (AvgIpc) is 2.78. The lowest BCUT2D eigenvalue weighted by atomic mass is 10.3. The topological polar surface area (TPSA) is 60.1 Å². The SMILES string of the molecule is CCOC(Cn1c(CC#N)nc2ccccc21)OCC. The third-order valence-electron chi connectivity index (χ3n) is 3.01. The molecule has 106 valence electrons. The summed E-state index contributed by atoms with van der Waals surface area (Å²) in [6.45, 7) is 5.59. The number of hydrogen-bond acceptors (Lipinski definition) is 4. The van der Waals surface area contributed by atoms with Crippen LogP contribution in [0.2, 0.25) is 0 Å². The Morgan fingerprint density at radius 1 is 1.25 bits per heavy atom. The van der Waals surface area contributed by atoms with Gasteiger partial charge in [-0.15, -0.1) is 0 Å². The molecular weight excluding hydrogens is 254 g/mol. The largest absolute Gasteiger partial charge is 0.351 e. The van der Waals surface area contributed by atoms with Crippen LogP contribution < -0.4 is 0 Å². The molecule has 2 aromatic rings. The van der Waals surface area contributed by atoms with Gasteiger partial charge in [-0.2, -0.15) is 5.26 Å². The summed E-state index contributed by atoms with van der Waals surface area (Å²) in [7, 11) is 0. The van der Waals surface area contributed by atoms with Crippen LogP contribution in [0.4, 0.5) is 0 Å². The zero-order valence-electron chi connectivity index (χ0n) is 11.9. The van der Waals surface area contributed by atoms with Crippen molar-refractivity contribution in [3.63, 3.8) is 0 Å². The standard InChI is InChI=1S/C15H19N3O2/c1-3-19-15(20-4-2)11-18-13-8-6-5-7-12(13)17-14(18)9-10-16/h5-8,15H,3-4,9,11H2,1-2H3. The second-order valence-corrected chi connectivity index (χ2v) is 4.30. The van der Waals surface area contributed by atoms with Crippen molar-refractivity contribution in [3.8, 4) is 6.07 Å². The van der Waals surface area contributed by atoms with Gasteiger partial charge in [0.1, 0.15) is 5.82 Å². The molecule has 0 saturated heterocycles. The Bertz CT molecular complexity index is 595. The van der Waals surface area contributed by atoms with E-state index in [1.165, 1.54) is 0 Å². The fourth-order valence-electron chi connectivity index (χ4n) is 2.21. The summed E-state index contributed by atoms with van der Waals surface area (Å²) >= 11 is 0. The number of benzene rings is 1. The van der Waals surface area contributed by atoms with Gasteiger partial charge in [0.25, 0.3) is 0 Å². The summed E-state index contributed by atoms with van der Waals surface area (Å²) in [4.78, 5) is 4.51. The van der Waals surface area contributed by atoms with Gasteiger partial charge < -0.3 is 14.0 Å². The Balaban J connectivity index is 2.35. The highest BCUT2D eigenvalue weighted by molar-refractivity contribution is 5.75. The summed E-state index contributed by atoms with van der Waals surface area (Å²) in [5.41, 5.74) is 1.90. The monoisotopic (exact) mass is 273 g/mol. The van der Waals surface area contributed by atoms with E-state index in [0.29, 0.717) is 19.8 Å². The van der Waals surface area contributed by atoms with E-state index >= 15 is 0 Å². The van der Waals surface area contributed by atoms with Crippen molar-refractivity contribution in [2.24, 2.45) is 0 Å². The number of hydrogen-bond donors (Lipinski definition) is 0. The minimum Gasteiger partial charge on any atom is -0.351 e. The number of ether oxygens (including phenoxy) is 2. The lowest BCUT2D eigenvalue weighted by Gasteiger charge is -2.19. The first kappa shape index (κ1) is 14.5. The third kappa shape index (κ3) is 3.16. The van der Waals surface area contributed by atoms with E-state index in [1.54, 1.807) is 0 Å². The molecule has 1 heterocycles. The van der Waals surface area contributed by atoms with E-state index in [9.17, 15) is 0 Å². The van der Waals surface area contributed by atoms with Crippen LogP contribution in [0.15, 0.2) is 24.3 Å². The molecule has 0 aliphatic rings. The zero-order valence-corrected chi connectivity index (χ0v) is 11.9. The first-order chi connectivity index (χ1) is 9.80. The molecule has 1 aromatic carbocycles. The molecule has 0 N–H and O–H groups in total. The molecule has 0 unspecified atom stereocenters. The van der Waals surface area contributed by atoms with Gasteiger partial charge in [-0.3, -0.25) is 0 Å². The predicted molar refractivity (Wildman–Crippen MR) is 76.1 cm³/mol. The van der Waals surface area contributed by atoms with Crippen molar-refractivity contribution >= 4 is 11.0 Å². The minimum absolute atomic E-state index is 0.277. The van der Waals surface area contributed by atoms with E-state index in [0.717, 1.165) is 16.9 Å². The van der Waals surface area contributed by atoms with Crippen molar-refractivity contribution in [3.05, 3.63) is 30.1 Å². The van der Waals surface area contributed by atoms with Crippen LogP contribution in [0.1, 0.15) is 19.7 Å². The number of fused-ring (bicyclic) bond motifs is 1. The van der Waals surface area contributed by atoms with Crippen LogP contribution in [0.5, 0.6) is 0 Å². The molecular formula is C15H19N3O2. The summed E-state index contributed by atoms with van der Waals surface area (Å²) in [5, 5.41) is 8.94. The maximum absolute atomic E-state index is 8.94. The van der Waals surface area contributed by atoms with E-state index in [4.69, 9.17) is 14.7 Å². The second kappa shape index (κ2) is 7.04. The summed E-state index contributed by atoms with van der Waals surface area (Å²) < 4.78 is 13.2. The van der Waals surface area contributed by atoms with Gasteiger partial charge in [0, 0.05) is 13.2 Å². The Labute approximate surface area is 118 Å². The molecule has 0 aliphatic carbocycles. The van der Waals surface area contributed by atoms with Crippen LogP contribution in [0, 0.1) is 11.3 Å². The molecule has 2 rings (SSSR count). The van der Waals surface area contributed by atoms with Crippen molar-refractivity contribution in [2.75, 3.05) is 13.2 Å². The Hall–Kier alpha value is -1.90. The van der Waals surface area contributed by atoms with Crippen LogP contribution in [-0.4, -0.2) is 29.1 Å². The molecule has 5 heteroatoms. The van der Waals surface area contributed by atoms with Gasteiger partial charge >= 0.3 is 0 Å². The van der Waals surface area contributed by atoms with Crippen molar-refractivity contribution in [2.45, 2.75) is 33.1 Å². The minimum atomic E-state index is -0.319. The Morgan fingerprint density at radius 2 is 1.95 bits per heavy atom. The van der Waals surface area contributed by atoms with Crippen LogP contribution in [0.3, 0.4) is 0 Å². The van der Waals surface area contributed by atoms with E-state index in [1.807, 2.05) is 42.7 Å². The van der Waals surface area contributed by atoms with E-state index in [2.05, 4.69) is 11.1 Å². The molecule has 0 fully saturated rings. The molecule has 0 atom stereocenters. The lowest BCUT2D eigenvalue weighted by molar-refractivity contribution is -0.143. The Morgan fingerprint density at radius 3 is 2.60 bits per heavy atom. The number of para-hydroxylation sites is 2. The third-order valence-corrected chi connectivity index (χ3v) is 3.01. The van der Waals surface area contributed by atoms with Gasteiger partial charge in [-0.1, -0.05) is 12.1 Å². The fourth-order valence-corrected chi connectivity index (χ4v) is 2.21. The molecule has 0 aliphatic heterocycles. The highest BCUT2D eigenvalue weighted by Gasteiger charge is 2.15. The number of aromatic nitrogens is 2. The molecule has 0 radical (unpaired) electrons. The van der Waals surface area contributed by atoms with E-state index in [-0.39, 0.29) is 12.7 Å². The van der Waals surface area contributed by atoms with Gasteiger partial charge in [0.05, 0.1) is 30.1 Å². The zero-order chi connectivity index (χ0) is 14.4. The molecule has 5 nitrogen and oxygen atoms in total. The van der Waals surface area contributed by atoms with Gasteiger partial charge in [0.15, 0.2) is 6.29 Å².